The molecule has 0 amide bonds. The van der Waals surface area contributed by atoms with Crippen molar-refractivity contribution >= 4 is 5.97 Å². The van der Waals surface area contributed by atoms with Crippen molar-refractivity contribution in [3.63, 3.8) is 0 Å². The van der Waals surface area contributed by atoms with Crippen LogP contribution in [0.25, 0.3) is 0 Å². The fourth-order valence-electron chi connectivity index (χ4n) is 2.65. The molecule has 1 unspecified atom stereocenters. The number of ether oxygens (including phenoxy) is 1. The summed E-state index contributed by atoms with van der Waals surface area (Å²) in [5.74, 6) is 0.0434. The van der Waals surface area contributed by atoms with Crippen LogP contribution < -0.4 is 5.32 Å². The molecule has 1 aliphatic carbocycles. The van der Waals surface area contributed by atoms with Gasteiger partial charge >= 0.3 is 5.97 Å². The molecule has 3 nitrogen and oxygen atoms in total. The number of hydrogen-bond acceptors (Lipinski definition) is 3. The standard InChI is InChI=1S/C12H21NO2/c1-2-12(7-8-13-9-12)11(14)15-10-5-3-4-6-10/h10,13H,2-9H2,1H3. The third-order valence-electron chi connectivity index (χ3n) is 3.93. The van der Waals surface area contributed by atoms with Gasteiger partial charge in [0.2, 0.25) is 0 Å². The minimum absolute atomic E-state index is 0.0434. The van der Waals surface area contributed by atoms with Crippen molar-refractivity contribution in [1.82, 2.24) is 5.32 Å². The van der Waals surface area contributed by atoms with Crippen molar-refractivity contribution in [1.29, 1.82) is 0 Å². The fraction of sp³-hybridized carbons (Fsp3) is 0.917. The molecule has 2 aliphatic rings. The average molecular weight is 211 g/mol. The smallest absolute Gasteiger partial charge is 0.313 e. The van der Waals surface area contributed by atoms with Gasteiger partial charge in [-0.05, 0) is 45.1 Å². The summed E-state index contributed by atoms with van der Waals surface area (Å²) in [5.41, 5.74) is -0.220. The van der Waals surface area contributed by atoms with Crippen LogP contribution in [0.3, 0.4) is 0 Å². The maximum Gasteiger partial charge on any atom is 0.313 e. The van der Waals surface area contributed by atoms with Crippen molar-refractivity contribution in [2.45, 2.75) is 51.6 Å². The largest absolute Gasteiger partial charge is 0.462 e. The van der Waals surface area contributed by atoms with Crippen molar-refractivity contribution in [2.75, 3.05) is 13.1 Å². The molecule has 1 aliphatic heterocycles. The molecule has 2 fully saturated rings. The molecule has 1 saturated carbocycles. The molecule has 2 rings (SSSR count). The highest BCUT2D eigenvalue weighted by Gasteiger charge is 2.42. The molecule has 0 bridgehead atoms. The lowest BCUT2D eigenvalue weighted by atomic mass is 9.84. The summed E-state index contributed by atoms with van der Waals surface area (Å²) in [6.45, 7) is 3.84. The summed E-state index contributed by atoms with van der Waals surface area (Å²) in [6.07, 6.45) is 6.62. The highest BCUT2D eigenvalue weighted by atomic mass is 16.5. The normalized spacial score (nSPS) is 32.1. The highest BCUT2D eigenvalue weighted by Crippen LogP contribution is 2.33. The second-order valence-corrected chi connectivity index (χ2v) is 4.87. The molecule has 0 aromatic rings. The first-order chi connectivity index (χ1) is 7.27. The van der Waals surface area contributed by atoms with Crippen molar-refractivity contribution < 1.29 is 9.53 Å². The summed E-state index contributed by atoms with van der Waals surface area (Å²) >= 11 is 0. The number of carbonyl (C=O) groups excluding carboxylic acids is 1. The van der Waals surface area contributed by atoms with Gasteiger partial charge in [-0.1, -0.05) is 6.92 Å². The Morgan fingerprint density at radius 1 is 1.47 bits per heavy atom. The number of esters is 1. The average Bonchev–Trinajstić information content (AvgIpc) is 2.87. The molecule has 0 spiro atoms. The molecular weight excluding hydrogens is 190 g/mol. The zero-order valence-corrected chi connectivity index (χ0v) is 9.55. The molecule has 1 atom stereocenters. The molecule has 1 saturated heterocycles. The quantitative estimate of drug-likeness (QED) is 0.724. The number of nitrogens with one attached hydrogen (secondary N) is 1. The third-order valence-corrected chi connectivity index (χ3v) is 3.93. The Balaban J connectivity index is 1.92. The Morgan fingerprint density at radius 2 is 2.20 bits per heavy atom. The molecule has 0 aromatic carbocycles. The molecule has 0 aromatic heterocycles. The van der Waals surface area contributed by atoms with E-state index in [-0.39, 0.29) is 17.5 Å². The second kappa shape index (κ2) is 4.52. The summed E-state index contributed by atoms with van der Waals surface area (Å²) in [4.78, 5) is 12.1. The Kier molecular flexibility index (Phi) is 3.29. The first kappa shape index (κ1) is 10.9. The molecule has 1 heterocycles. The van der Waals surface area contributed by atoms with Gasteiger partial charge in [-0.25, -0.2) is 0 Å². The van der Waals surface area contributed by atoms with Gasteiger partial charge in [0.05, 0.1) is 5.41 Å². The summed E-state index contributed by atoms with van der Waals surface area (Å²) in [5, 5.41) is 3.27. The molecule has 86 valence electrons. The zero-order chi connectivity index (χ0) is 10.7. The number of carbonyl (C=O) groups is 1. The van der Waals surface area contributed by atoms with Gasteiger partial charge in [-0.3, -0.25) is 4.79 Å². The van der Waals surface area contributed by atoms with Crippen LogP contribution in [0, 0.1) is 5.41 Å². The number of rotatable bonds is 3. The monoisotopic (exact) mass is 211 g/mol. The highest BCUT2D eigenvalue weighted by molar-refractivity contribution is 5.77. The van der Waals surface area contributed by atoms with Crippen molar-refractivity contribution in [2.24, 2.45) is 5.41 Å². The Labute approximate surface area is 91.6 Å². The van der Waals surface area contributed by atoms with Crippen LogP contribution in [-0.4, -0.2) is 25.2 Å². The predicted molar refractivity (Wildman–Crippen MR) is 58.6 cm³/mol. The van der Waals surface area contributed by atoms with Crippen LogP contribution in [0.15, 0.2) is 0 Å². The molecule has 1 N–H and O–H groups in total. The van der Waals surface area contributed by atoms with E-state index >= 15 is 0 Å². The van der Waals surface area contributed by atoms with E-state index in [0.29, 0.717) is 0 Å². The van der Waals surface area contributed by atoms with Crippen LogP contribution in [0.1, 0.15) is 45.4 Å². The fourth-order valence-corrected chi connectivity index (χ4v) is 2.65. The van der Waals surface area contributed by atoms with Crippen LogP contribution in [0.5, 0.6) is 0 Å². The molecular formula is C12H21NO2. The minimum Gasteiger partial charge on any atom is -0.462 e. The molecule has 15 heavy (non-hydrogen) atoms. The summed E-state index contributed by atoms with van der Waals surface area (Å²) in [6, 6.07) is 0. The van der Waals surface area contributed by atoms with E-state index in [2.05, 4.69) is 12.2 Å². The van der Waals surface area contributed by atoms with Crippen LogP contribution in [-0.2, 0) is 9.53 Å². The molecule has 3 heteroatoms. The van der Waals surface area contributed by atoms with E-state index in [9.17, 15) is 4.79 Å². The van der Waals surface area contributed by atoms with Gasteiger partial charge < -0.3 is 10.1 Å². The van der Waals surface area contributed by atoms with E-state index in [1.807, 2.05) is 0 Å². The van der Waals surface area contributed by atoms with Gasteiger partial charge in [0.25, 0.3) is 0 Å². The Bertz CT molecular complexity index is 228. The predicted octanol–water partition coefficient (Wildman–Crippen LogP) is 1.86. The SMILES string of the molecule is CCC1(C(=O)OC2CCCC2)CCNC1. The van der Waals surface area contributed by atoms with Gasteiger partial charge in [-0.15, -0.1) is 0 Å². The lowest BCUT2D eigenvalue weighted by Gasteiger charge is -2.26. The maximum atomic E-state index is 12.1. The van der Waals surface area contributed by atoms with Crippen LogP contribution in [0.2, 0.25) is 0 Å². The zero-order valence-electron chi connectivity index (χ0n) is 9.55. The first-order valence-corrected chi connectivity index (χ1v) is 6.19. The lowest BCUT2D eigenvalue weighted by molar-refractivity contribution is -0.160. The summed E-state index contributed by atoms with van der Waals surface area (Å²) in [7, 11) is 0. The van der Waals surface area contributed by atoms with Crippen LogP contribution in [0.4, 0.5) is 0 Å². The number of hydrogen-bond donors (Lipinski definition) is 1. The Morgan fingerprint density at radius 3 is 2.73 bits per heavy atom. The molecule has 0 radical (unpaired) electrons. The topological polar surface area (TPSA) is 38.3 Å². The third kappa shape index (κ3) is 2.17. The van der Waals surface area contributed by atoms with E-state index < -0.39 is 0 Å². The van der Waals surface area contributed by atoms with Crippen molar-refractivity contribution in [3.8, 4) is 0 Å². The lowest BCUT2D eigenvalue weighted by Crippen LogP contribution is -2.36. The van der Waals surface area contributed by atoms with Gasteiger partial charge in [0.15, 0.2) is 0 Å². The van der Waals surface area contributed by atoms with Crippen molar-refractivity contribution in [3.05, 3.63) is 0 Å². The van der Waals surface area contributed by atoms with E-state index in [1.165, 1.54) is 12.8 Å². The Hall–Kier alpha value is -0.570. The van der Waals surface area contributed by atoms with E-state index in [1.54, 1.807) is 0 Å². The van der Waals surface area contributed by atoms with Gasteiger partial charge in [0, 0.05) is 6.54 Å². The second-order valence-electron chi connectivity index (χ2n) is 4.87. The van der Waals surface area contributed by atoms with Gasteiger partial charge in [0.1, 0.15) is 6.10 Å². The van der Waals surface area contributed by atoms with E-state index in [4.69, 9.17) is 4.74 Å². The first-order valence-electron chi connectivity index (χ1n) is 6.19. The van der Waals surface area contributed by atoms with Crippen LogP contribution >= 0.6 is 0 Å². The summed E-state index contributed by atoms with van der Waals surface area (Å²) < 4.78 is 5.61. The minimum atomic E-state index is -0.220. The maximum absolute atomic E-state index is 12.1. The van der Waals surface area contributed by atoms with Gasteiger partial charge in [-0.2, -0.15) is 0 Å². The van der Waals surface area contributed by atoms with E-state index in [0.717, 1.165) is 38.8 Å².